The van der Waals surface area contributed by atoms with E-state index in [1.54, 1.807) is 24.3 Å². The number of amides is 1. The average molecular weight is 273 g/mol. The Morgan fingerprint density at radius 3 is 2.89 bits per heavy atom. The number of nitrogens with one attached hydrogen (secondary N) is 1. The molecular formula is C13H9ClN4O. The average Bonchev–Trinajstić information content (AvgIpc) is 2.42. The van der Waals surface area contributed by atoms with Crippen LogP contribution in [0.2, 0.25) is 5.02 Å². The lowest BCUT2D eigenvalue weighted by atomic mass is 10.2. The molecular weight excluding hydrogens is 264 g/mol. The zero-order valence-electron chi connectivity index (χ0n) is 9.72. The lowest BCUT2D eigenvalue weighted by Gasteiger charge is -2.06. The molecule has 0 aliphatic heterocycles. The van der Waals surface area contributed by atoms with Crippen LogP contribution in [0, 0.1) is 11.3 Å². The van der Waals surface area contributed by atoms with Crippen molar-refractivity contribution >= 4 is 29.0 Å². The van der Waals surface area contributed by atoms with Crippen LogP contribution in [0.25, 0.3) is 0 Å². The zero-order chi connectivity index (χ0) is 13.8. The maximum absolute atomic E-state index is 11.9. The minimum Gasteiger partial charge on any atom is -0.382 e. The van der Waals surface area contributed by atoms with Gasteiger partial charge in [0.1, 0.15) is 5.82 Å². The number of hydrogen-bond acceptors (Lipinski definition) is 4. The quantitative estimate of drug-likeness (QED) is 0.878. The fourth-order valence-electron chi connectivity index (χ4n) is 1.44. The standard InChI is InChI=1S/C13H9ClN4O/c14-11-5-9(7-17-12(11)16)13(19)18-10-3-1-2-8(4-10)6-15/h1-5,7H,(H2,16,17)(H,18,19). The Kier molecular flexibility index (Phi) is 3.64. The van der Waals surface area contributed by atoms with Gasteiger partial charge in [-0.15, -0.1) is 0 Å². The van der Waals surface area contributed by atoms with Gasteiger partial charge in [0.2, 0.25) is 0 Å². The molecule has 1 aromatic carbocycles. The van der Waals surface area contributed by atoms with E-state index in [-0.39, 0.29) is 16.7 Å². The number of nitrogens with zero attached hydrogens (tertiary/aromatic N) is 2. The summed E-state index contributed by atoms with van der Waals surface area (Å²) in [5.74, 6) is -0.200. The van der Waals surface area contributed by atoms with Crippen molar-refractivity contribution in [1.82, 2.24) is 4.98 Å². The molecule has 0 bridgehead atoms. The van der Waals surface area contributed by atoms with E-state index < -0.39 is 0 Å². The third kappa shape index (κ3) is 3.00. The van der Waals surface area contributed by atoms with E-state index >= 15 is 0 Å². The number of nitrogen functional groups attached to an aromatic ring is 1. The number of carbonyl (C=O) groups excluding carboxylic acids is 1. The zero-order valence-corrected chi connectivity index (χ0v) is 10.5. The number of carbonyl (C=O) groups is 1. The van der Waals surface area contributed by atoms with E-state index in [9.17, 15) is 4.79 Å². The van der Waals surface area contributed by atoms with Crippen molar-refractivity contribution in [1.29, 1.82) is 5.26 Å². The van der Waals surface area contributed by atoms with E-state index in [0.717, 1.165) is 0 Å². The molecule has 0 saturated heterocycles. The summed E-state index contributed by atoms with van der Waals surface area (Å²) in [5.41, 5.74) is 6.75. The Morgan fingerprint density at radius 2 is 2.21 bits per heavy atom. The van der Waals surface area contributed by atoms with Crippen LogP contribution in [0.15, 0.2) is 36.5 Å². The highest BCUT2D eigenvalue weighted by Gasteiger charge is 2.09. The Labute approximate surface area is 114 Å². The predicted octanol–water partition coefficient (Wildman–Crippen LogP) is 2.44. The maximum atomic E-state index is 11.9. The van der Waals surface area contributed by atoms with Gasteiger partial charge in [-0.25, -0.2) is 4.98 Å². The number of aromatic nitrogens is 1. The normalized spacial score (nSPS) is 9.68. The molecule has 0 unspecified atom stereocenters. The Balaban J connectivity index is 2.21. The van der Waals surface area contributed by atoms with E-state index in [1.165, 1.54) is 12.3 Å². The number of anilines is 2. The minimum atomic E-state index is -0.371. The molecule has 3 N–H and O–H groups in total. The molecule has 19 heavy (non-hydrogen) atoms. The number of halogens is 1. The molecule has 0 fully saturated rings. The summed E-state index contributed by atoms with van der Waals surface area (Å²) >= 11 is 5.80. The smallest absolute Gasteiger partial charge is 0.257 e. The van der Waals surface area contributed by atoms with Crippen molar-refractivity contribution in [3.05, 3.63) is 52.7 Å². The Hall–Kier alpha value is -2.58. The molecule has 2 rings (SSSR count). The van der Waals surface area contributed by atoms with Gasteiger partial charge in [0.05, 0.1) is 22.2 Å². The summed E-state index contributed by atoms with van der Waals surface area (Å²) < 4.78 is 0. The number of benzene rings is 1. The molecule has 0 aliphatic carbocycles. The number of rotatable bonds is 2. The molecule has 1 heterocycles. The van der Waals surface area contributed by atoms with Gasteiger partial charge in [0, 0.05) is 11.9 Å². The van der Waals surface area contributed by atoms with Gasteiger partial charge in [0.25, 0.3) is 5.91 Å². The first-order valence-electron chi connectivity index (χ1n) is 5.32. The number of pyridine rings is 1. The second-order valence-corrected chi connectivity index (χ2v) is 4.14. The summed E-state index contributed by atoms with van der Waals surface area (Å²) in [6, 6.07) is 10.0. The highest BCUT2D eigenvalue weighted by Crippen LogP contribution is 2.18. The van der Waals surface area contributed by atoms with Gasteiger partial charge in [-0.05, 0) is 24.3 Å². The fourth-order valence-corrected chi connectivity index (χ4v) is 1.61. The van der Waals surface area contributed by atoms with Gasteiger partial charge >= 0.3 is 0 Å². The van der Waals surface area contributed by atoms with E-state index in [1.807, 2.05) is 6.07 Å². The lowest BCUT2D eigenvalue weighted by Crippen LogP contribution is -2.12. The number of nitriles is 1. The highest BCUT2D eigenvalue weighted by molar-refractivity contribution is 6.33. The second-order valence-electron chi connectivity index (χ2n) is 3.74. The molecule has 94 valence electrons. The van der Waals surface area contributed by atoms with Gasteiger partial charge < -0.3 is 11.1 Å². The van der Waals surface area contributed by atoms with Crippen LogP contribution in [-0.2, 0) is 0 Å². The van der Waals surface area contributed by atoms with Crippen LogP contribution in [-0.4, -0.2) is 10.9 Å². The largest absolute Gasteiger partial charge is 0.382 e. The van der Waals surface area contributed by atoms with Crippen LogP contribution < -0.4 is 11.1 Å². The van der Waals surface area contributed by atoms with Crippen molar-refractivity contribution in [2.75, 3.05) is 11.1 Å². The predicted molar refractivity (Wildman–Crippen MR) is 72.8 cm³/mol. The summed E-state index contributed by atoms with van der Waals surface area (Å²) in [7, 11) is 0. The molecule has 0 saturated carbocycles. The van der Waals surface area contributed by atoms with Gasteiger partial charge in [-0.3, -0.25) is 4.79 Å². The van der Waals surface area contributed by atoms with Gasteiger partial charge in [-0.2, -0.15) is 5.26 Å². The first-order valence-corrected chi connectivity index (χ1v) is 5.70. The molecule has 0 aliphatic rings. The molecule has 0 radical (unpaired) electrons. The van der Waals surface area contributed by atoms with Crippen LogP contribution >= 0.6 is 11.6 Å². The molecule has 1 amide bonds. The van der Waals surface area contributed by atoms with Crippen LogP contribution in [0.1, 0.15) is 15.9 Å². The number of nitrogens with two attached hydrogens (primary N) is 1. The molecule has 1 aromatic heterocycles. The molecule has 0 spiro atoms. The highest BCUT2D eigenvalue weighted by atomic mass is 35.5. The fraction of sp³-hybridized carbons (Fsp3) is 0. The maximum Gasteiger partial charge on any atom is 0.257 e. The topological polar surface area (TPSA) is 91.8 Å². The number of hydrogen-bond donors (Lipinski definition) is 2. The van der Waals surface area contributed by atoms with Crippen LogP contribution in [0.3, 0.4) is 0 Å². The van der Waals surface area contributed by atoms with Crippen molar-refractivity contribution < 1.29 is 4.79 Å². The van der Waals surface area contributed by atoms with E-state index in [0.29, 0.717) is 16.8 Å². The summed E-state index contributed by atoms with van der Waals surface area (Å²) in [4.78, 5) is 15.8. The molecule has 2 aromatic rings. The van der Waals surface area contributed by atoms with Gasteiger partial charge in [0.15, 0.2) is 0 Å². The molecule has 5 nitrogen and oxygen atoms in total. The van der Waals surface area contributed by atoms with E-state index in [2.05, 4.69) is 10.3 Å². The lowest BCUT2D eigenvalue weighted by molar-refractivity contribution is 0.102. The van der Waals surface area contributed by atoms with Crippen LogP contribution in [0.4, 0.5) is 11.5 Å². The minimum absolute atomic E-state index is 0.171. The van der Waals surface area contributed by atoms with Crippen molar-refractivity contribution in [3.8, 4) is 6.07 Å². The third-order valence-electron chi connectivity index (χ3n) is 2.38. The molecule has 6 heteroatoms. The summed E-state index contributed by atoms with van der Waals surface area (Å²) in [6.07, 6.45) is 1.34. The first kappa shape index (κ1) is 12.9. The summed E-state index contributed by atoms with van der Waals surface area (Å²) in [6.45, 7) is 0. The third-order valence-corrected chi connectivity index (χ3v) is 2.68. The molecule has 0 atom stereocenters. The van der Waals surface area contributed by atoms with E-state index in [4.69, 9.17) is 22.6 Å². The van der Waals surface area contributed by atoms with Crippen molar-refractivity contribution in [2.45, 2.75) is 0 Å². The first-order chi connectivity index (χ1) is 9.10. The van der Waals surface area contributed by atoms with Gasteiger partial charge in [-0.1, -0.05) is 17.7 Å². The summed E-state index contributed by atoms with van der Waals surface area (Å²) in [5, 5.41) is 11.6. The second kappa shape index (κ2) is 5.38. The Morgan fingerprint density at radius 1 is 1.42 bits per heavy atom. The Bertz CT molecular complexity index is 679. The van der Waals surface area contributed by atoms with Crippen molar-refractivity contribution in [3.63, 3.8) is 0 Å². The SMILES string of the molecule is N#Cc1cccc(NC(=O)c2cnc(N)c(Cl)c2)c1. The monoisotopic (exact) mass is 272 g/mol. The van der Waals surface area contributed by atoms with Crippen LogP contribution in [0.5, 0.6) is 0 Å². The van der Waals surface area contributed by atoms with Crippen molar-refractivity contribution in [2.24, 2.45) is 0 Å².